The number of nitrogens with zero attached hydrogens (tertiary/aromatic N) is 2. The van der Waals surface area contributed by atoms with Crippen LogP contribution in [0.5, 0.6) is 0 Å². The lowest BCUT2D eigenvalue weighted by atomic mass is 10.0. The molecule has 0 spiro atoms. The molecule has 40 heavy (non-hydrogen) atoms. The predicted octanol–water partition coefficient (Wildman–Crippen LogP) is 5.31. The van der Waals surface area contributed by atoms with Crippen LogP contribution in [-0.2, 0) is 32.6 Å². The molecule has 1 atom stereocenters. The van der Waals surface area contributed by atoms with E-state index in [-0.39, 0.29) is 40.5 Å². The molecule has 0 fully saturated rings. The third kappa shape index (κ3) is 8.94. The van der Waals surface area contributed by atoms with Crippen molar-refractivity contribution in [1.82, 2.24) is 10.2 Å². The van der Waals surface area contributed by atoms with E-state index in [1.807, 2.05) is 44.2 Å². The van der Waals surface area contributed by atoms with Crippen LogP contribution in [0.25, 0.3) is 0 Å². The van der Waals surface area contributed by atoms with Crippen LogP contribution in [0.15, 0.2) is 72.8 Å². The summed E-state index contributed by atoms with van der Waals surface area (Å²) in [5, 5.41) is 3.26. The molecule has 3 rings (SSSR count). The number of amides is 2. The lowest BCUT2D eigenvalue weighted by molar-refractivity contribution is -0.140. The fourth-order valence-corrected chi connectivity index (χ4v) is 5.15. The molecule has 0 aliphatic carbocycles. The summed E-state index contributed by atoms with van der Waals surface area (Å²) < 4.78 is 40.2. The van der Waals surface area contributed by atoms with Crippen molar-refractivity contribution in [2.24, 2.45) is 5.92 Å². The molecular formula is C29H32Cl2FN3O4S. The second kappa shape index (κ2) is 14.0. The third-order valence-electron chi connectivity index (χ3n) is 6.09. The average Bonchev–Trinajstić information content (AvgIpc) is 2.90. The normalized spacial score (nSPS) is 12.2. The molecule has 0 aliphatic heterocycles. The van der Waals surface area contributed by atoms with Gasteiger partial charge in [-0.15, -0.1) is 0 Å². The first kappa shape index (κ1) is 31.4. The summed E-state index contributed by atoms with van der Waals surface area (Å²) in [5.41, 5.74) is 1.54. The summed E-state index contributed by atoms with van der Waals surface area (Å²) in [5.74, 6) is -1.28. The zero-order chi connectivity index (χ0) is 29.4. The highest BCUT2D eigenvalue weighted by Crippen LogP contribution is 2.29. The topological polar surface area (TPSA) is 86.8 Å². The zero-order valence-corrected chi connectivity index (χ0v) is 24.8. The number of halogens is 3. The first-order valence-corrected chi connectivity index (χ1v) is 15.2. The van der Waals surface area contributed by atoms with Crippen LogP contribution in [0, 0.1) is 11.7 Å². The Labute approximate surface area is 244 Å². The average molecular weight is 609 g/mol. The van der Waals surface area contributed by atoms with Gasteiger partial charge in [-0.1, -0.05) is 79.5 Å². The second-order valence-electron chi connectivity index (χ2n) is 9.86. The maximum Gasteiger partial charge on any atom is 0.244 e. The summed E-state index contributed by atoms with van der Waals surface area (Å²) >= 11 is 12.2. The third-order valence-corrected chi connectivity index (χ3v) is 7.97. The molecule has 0 heterocycles. The van der Waals surface area contributed by atoms with E-state index in [1.54, 1.807) is 0 Å². The van der Waals surface area contributed by atoms with E-state index in [0.29, 0.717) is 12.1 Å². The molecule has 0 aliphatic rings. The van der Waals surface area contributed by atoms with Crippen molar-refractivity contribution >= 4 is 50.7 Å². The monoisotopic (exact) mass is 607 g/mol. The second-order valence-corrected chi connectivity index (χ2v) is 12.6. The Morgan fingerprint density at radius 2 is 1.57 bits per heavy atom. The number of benzene rings is 3. The van der Waals surface area contributed by atoms with E-state index in [0.717, 1.165) is 16.1 Å². The Morgan fingerprint density at radius 3 is 2.15 bits per heavy atom. The van der Waals surface area contributed by atoms with Crippen molar-refractivity contribution in [2.45, 2.75) is 32.9 Å². The minimum atomic E-state index is -3.95. The van der Waals surface area contributed by atoms with E-state index < -0.39 is 34.3 Å². The van der Waals surface area contributed by atoms with Crippen LogP contribution in [-0.4, -0.2) is 50.5 Å². The molecule has 7 nitrogen and oxygen atoms in total. The Kier molecular flexibility index (Phi) is 11.0. The van der Waals surface area contributed by atoms with Crippen LogP contribution in [0.3, 0.4) is 0 Å². The number of hydrogen-bond donors (Lipinski definition) is 1. The van der Waals surface area contributed by atoms with Gasteiger partial charge in [0.15, 0.2) is 0 Å². The molecule has 3 aromatic rings. The predicted molar refractivity (Wildman–Crippen MR) is 157 cm³/mol. The molecule has 0 saturated heterocycles. The van der Waals surface area contributed by atoms with Crippen molar-refractivity contribution in [3.05, 3.63) is 99.8 Å². The van der Waals surface area contributed by atoms with Gasteiger partial charge in [-0.3, -0.25) is 13.9 Å². The minimum Gasteiger partial charge on any atom is -0.354 e. The molecule has 2 amide bonds. The maximum atomic E-state index is 14.0. The zero-order valence-electron chi connectivity index (χ0n) is 22.5. The van der Waals surface area contributed by atoms with E-state index in [9.17, 15) is 22.4 Å². The van der Waals surface area contributed by atoms with E-state index in [2.05, 4.69) is 5.32 Å². The lowest BCUT2D eigenvalue weighted by Crippen LogP contribution is -2.53. The number of anilines is 1. The van der Waals surface area contributed by atoms with E-state index in [4.69, 9.17) is 23.2 Å². The minimum absolute atomic E-state index is 0.0509. The summed E-state index contributed by atoms with van der Waals surface area (Å²) in [6, 6.07) is 18.1. The quantitative estimate of drug-likeness (QED) is 0.302. The number of carbonyl (C=O) groups excluding carboxylic acids is 2. The van der Waals surface area contributed by atoms with Gasteiger partial charge in [-0.25, -0.2) is 12.8 Å². The van der Waals surface area contributed by atoms with Crippen LogP contribution in [0.4, 0.5) is 10.1 Å². The van der Waals surface area contributed by atoms with Gasteiger partial charge in [0.2, 0.25) is 21.8 Å². The smallest absolute Gasteiger partial charge is 0.244 e. The van der Waals surface area contributed by atoms with Crippen molar-refractivity contribution in [2.75, 3.05) is 23.7 Å². The van der Waals surface area contributed by atoms with Crippen LogP contribution in [0.2, 0.25) is 10.0 Å². The van der Waals surface area contributed by atoms with Crippen molar-refractivity contribution in [1.29, 1.82) is 0 Å². The molecule has 0 bridgehead atoms. The molecule has 0 radical (unpaired) electrons. The number of hydrogen-bond acceptors (Lipinski definition) is 4. The molecular weight excluding hydrogens is 576 g/mol. The van der Waals surface area contributed by atoms with Gasteiger partial charge in [0.05, 0.1) is 22.0 Å². The van der Waals surface area contributed by atoms with E-state index >= 15 is 0 Å². The lowest BCUT2D eigenvalue weighted by Gasteiger charge is -2.33. The van der Waals surface area contributed by atoms with Crippen molar-refractivity contribution in [3.63, 3.8) is 0 Å². The number of rotatable bonds is 12. The van der Waals surface area contributed by atoms with Gasteiger partial charge in [-0.2, -0.15) is 0 Å². The molecule has 3 aromatic carbocycles. The Hall–Kier alpha value is -3.14. The summed E-state index contributed by atoms with van der Waals surface area (Å²) in [7, 11) is -3.95. The fraction of sp³-hybridized carbons (Fsp3) is 0.310. The Morgan fingerprint density at radius 1 is 0.925 bits per heavy atom. The molecule has 214 valence electrons. The van der Waals surface area contributed by atoms with Gasteiger partial charge in [0.25, 0.3) is 0 Å². The highest BCUT2D eigenvalue weighted by atomic mass is 35.5. The Balaban J connectivity index is 2.05. The molecule has 0 aromatic heterocycles. The number of carbonyl (C=O) groups is 2. The summed E-state index contributed by atoms with van der Waals surface area (Å²) in [6.07, 6.45) is 1.16. The molecule has 0 unspecified atom stereocenters. The first-order valence-electron chi connectivity index (χ1n) is 12.6. The van der Waals surface area contributed by atoms with Crippen LogP contribution >= 0.6 is 23.2 Å². The summed E-state index contributed by atoms with van der Waals surface area (Å²) in [4.78, 5) is 28.9. The van der Waals surface area contributed by atoms with Gasteiger partial charge in [0, 0.05) is 19.5 Å². The number of sulfonamides is 1. The Bertz CT molecular complexity index is 1420. The fourth-order valence-electron chi connectivity index (χ4n) is 4.02. The van der Waals surface area contributed by atoms with Crippen LogP contribution < -0.4 is 9.62 Å². The first-order chi connectivity index (χ1) is 18.8. The van der Waals surface area contributed by atoms with Gasteiger partial charge in [0.1, 0.15) is 18.4 Å². The van der Waals surface area contributed by atoms with Crippen molar-refractivity contribution in [3.8, 4) is 0 Å². The van der Waals surface area contributed by atoms with Gasteiger partial charge >= 0.3 is 0 Å². The molecule has 11 heteroatoms. The van der Waals surface area contributed by atoms with Gasteiger partial charge in [-0.05, 0) is 47.4 Å². The SMILES string of the molecule is CC(C)CNC(=O)[C@H](Cc1ccccc1)N(Cc1ccc(F)cc1)C(=O)CN(c1ccc(Cl)c(Cl)c1)S(C)(=O)=O. The van der Waals surface area contributed by atoms with Crippen molar-refractivity contribution < 1.29 is 22.4 Å². The largest absolute Gasteiger partial charge is 0.354 e. The highest BCUT2D eigenvalue weighted by Gasteiger charge is 2.33. The molecule has 0 saturated carbocycles. The van der Waals surface area contributed by atoms with E-state index in [1.165, 1.54) is 47.4 Å². The highest BCUT2D eigenvalue weighted by molar-refractivity contribution is 7.92. The summed E-state index contributed by atoms with van der Waals surface area (Å²) in [6.45, 7) is 3.65. The standard InChI is InChI=1S/C29H32Cl2FN3O4S/c1-20(2)17-33-29(37)27(15-21-7-5-4-6-8-21)34(18-22-9-11-23(32)12-10-22)28(36)19-35(40(3,38)39)24-13-14-25(30)26(31)16-24/h4-14,16,20,27H,15,17-19H2,1-3H3,(H,33,37)/t27-/m0/s1. The maximum absolute atomic E-state index is 14.0. The van der Waals surface area contributed by atoms with Gasteiger partial charge < -0.3 is 10.2 Å². The van der Waals surface area contributed by atoms with Crippen LogP contribution in [0.1, 0.15) is 25.0 Å². The number of nitrogens with one attached hydrogen (secondary N) is 1. The molecule has 1 N–H and O–H groups in total.